The first-order valence-corrected chi connectivity index (χ1v) is 17.1. The fourth-order valence-corrected chi connectivity index (χ4v) is 4.48. The Hall–Kier alpha value is -3.02. The summed E-state index contributed by atoms with van der Waals surface area (Å²) in [5.41, 5.74) is 6.39. The van der Waals surface area contributed by atoms with Crippen molar-refractivity contribution in [1.29, 1.82) is 0 Å². The zero-order chi connectivity index (χ0) is 33.9. The largest absolute Gasteiger partial charge is 0.352 e. The lowest BCUT2D eigenvalue weighted by molar-refractivity contribution is 0.426. The molecule has 0 aliphatic carbocycles. The number of guanidine groups is 1. The number of hydrogen-bond acceptors (Lipinski definition) is 3. The molecule has 252 valence electrons. The minimum Gasteiger partial charge on any atom is -0.352 e. The Labute approximate surface area is 278 Å². The number of benzene rings is 1. The van der Waals surface area contributed by atoms with Crippen molar-refractivity contribution in [2.24, 2.45) is 15.9 Å². The molecule has 0 heterocycles. The van der Waals surface area contributed by atoms with Gasteiger partial charge in [-0.05, 0) is 115 Å². The van der Waals surface area contributed by atoms with Crippen LogP contribution in [0.1, 0.15) is 97.6 Å². The zero-order valence-electron chi connectivity index (χ0n) is 30.5. The summed E-state index contributed by atoms with van der Waals surface area (Å²) in [6.45, 7) is 23.2. The molecule has 2 atom stereocenters. The Morgan fingerprint density at radius 3 is 2.24 bits per heavy atom. The van der Waals surface area contributed by atoms with Crippen molar-refractivity contribution < 1.29 is 0 Å². The van der Waals surface area contributed by atoms with Crippen molar-refractivity contribution >= 4 is 18.3 Å². The Bertz CT molecular complexity index is 1070. The van der Waals surface area contributed by atoms with Crippen molar-refractivity contribution in [2.45, 2.75) is 99.0 Å². The second-order valence-electron chi connectivity index (χ2n) is 12.5. The topological polar surface area (TPSA) is 52.0 Å². The fourth-order valence-electron chi connectivity index (χ4n) is 4.48. The van der Waals surface area contributed by atoms with Crippen molar-refractivity contribution in [1.82, 2.24) is 15.5 Å². The van der Waals surface area contributed by atoms with Gasteiger partial charge in [0.1, 0.15) is 0 Å². The first-order chi connectivity index (χ1) is 21.6. The van der Waals surface area contributed by atoms with E-state index in [4.69, 9.17) is 0 Å². The minimum absolute atomic E-state index is 0.341. The fraction of sp³-hybridized carbons (Fsp3) is 0.550. The van der Waals surface area contributed by atoms with Crippen LogP contribution in [0, 0.1) is 5.92 Å². The third-order valence-electron chi connectivity index (χ3n) is 7.39. The van der Waals surface area contributed by atoms with Gasteiger partial charge in [-0.15, -0.1) is 0 Å². The molecule has 0 saturated carbocycles. The molecular weight excluding hydrogens is 550 g/mol. The molecule has 1 aromatic rings. The van der Waals surface area contributed by atoms with Crippen LogP contribution in [0.3, 0.4) is 0 Å². The van der Waals surface area contributed by atoms with E-state index in [0.29, 0.717) is 24.5 Å². The summed E-state index contributed by atoms with van der Waals surface area (Å²) >= 11 is 0. The van der Waals surface area contributed by atoms with E-state index in [-0.39, 0.29) is 0 Å². The number of nitrogens with zero attached hydrogens (tertiary/aromatic N) is 3. The summed E-state index contributed by atoms with van der Waals surface area (Å²) in [5.74, 6) is 1.20. The van der Waals surface area contributed by atoms with E-state index in [2.05, 4.69) is 111 Å². The molecule has 45 heavy (non-hydrogen) atoms. The molecule has 0 bridgehead atoms. The van der Waals surface area contributed by atoms with E-state index in [9.17, 15) is 0 Å². The van der Waals surface area contributed by atoms with Crippen LogP contribution in [-0.4, -0.2) is 64.4 Å². The van der Waals surface area contributed by atoms with Crippen LogP contribution in [0.15, 0.2) is 88.4 Å². The summed E-state index contributed by atoms with van der Waals surface area (Å²) in [4.78, 5) is 10.7. The van der Waals surface area contributed by atoms with Crippen LogP contribution in [0.25, 0.3) is 5.57 Å². The van der Waals surface area contributed by atoms with Crippen LogP contribution in [-0.2, 0) is 6.42 Å². The second kappa shape index (κ2) is 27.3. The van der Waals surface area contributed by atoms with Crippen LogP contribution in [0.4, 0.5) is 0 Å². The number of rotatable bonds is 20. The Balaban J connectivity index is 0.00000454. The average Bonchev–Trinajstić information content (AvgIpc) is 3.03. The maximum atomic E-state index is 4.60. The molecule has 0 spiro atoms. The zero-order valence-corrected chi connectivity index (χ0v) is 30.5. The lowest BCUT2D eigenvalue weighted by Crippen LogP contribution is -2.34. The van der Waals surface area contributed by atoms with Crippen molar-refractivity contribution in [3.05, 3.63) is 89.6 Å². The van der Waals surface area contributed by atoms with E-state index in [0.717, 1.165) is 32.4 Å². The summed E-state index contributed by atoms with van der Waals surface area (Å²) in [6.07, 6.45) is 22.1. The van der Waals surface area contributed by atoms with E-state index < -0.39 is 0 Å². The molecule has 0 amide bonds. The quantitative estimate of drug-likeness (QED) is 0.0663. The molecule has 0 aliphatic rings. The van der Waals surface area contributed by atoms with E-state index in [1.54, 1.807) is 0 Å². The van der Waals surface area contributed by atoms with Crippen LogP contribution >= 0.6 is 0 Å². The monoisotopic (exact) mass is 618 g/mol. The van der Waals surface area contributed by atoms with Crippen LogP contribution in [0.2, 0.25) is 0 Å². The Morgan fingerprint density at radius 2 is 1.67 bits per heavy atom. The summed E-state index contributed by atoms with van der Waals surface area (Å²) in [7, 11) is 6.00. The molecule has 0 aromatic heterocycles. The lowest BCUT2D eigenvalue weighted by Gasteiger charge is -2.20. The smallest absolute Gasteiger partial charge is 0.217 e. The molecule has 0 fully saturated rings. The number of allylic oxidation sites excluding steroid dienone is 6. The average molecular weight is 618 g/mol. The molecule has 1 aromatic carbocycles. The molecule has 5 nitrogen and oxygen atoms in total. The van der Waals surface area contributed by atoms with Gasteiger partial charge in [-0.3, -0.25) is 0 Å². The Kier molecular flexibility index (Phi) is 25.5. The van der Waals surface area contributed by atoms with Crippen LogP contribution in [0.5, 0.6) is 0 Å². The maximum Gasteiger partial charge on any atom is 0.217 e. The van der Waals surface area contributed by atoms with E-state index in [1.165, 1.54) is 60.0 Å². The normalized spacial score (nSPS) is 14.3. The molecule has 2 unspecified atom stereocenters. The highest BCUT2D eigenvalue weighted by molar-refractivity contribution is 5.84. The van der Waals surface area contributed by atoms with Gasteiger partial charge in [0.25, 0.3) is 0 Å². The second-order valence-corrected chi connectivity index (χ2v) is 12.5. The van der Waals surface area contributed by atoms with Gasteiger partial charge in [-0.1, -0.05) is 113 Å². The molecule has 0 radical (unpaired) electrons. The third-order valence-corrected chi connectivity index (χ3v) is 7.39. The van der Waals surface area contributed by atoms with Crippen LogP contribution < -0.4 is 10.6 Å². The van der Waals surface area contributed by atoms with Gasteiger partial charge in [-0.25, -0.2) is 9.98 Å². The molecule has 0 aliphatic heterocycles. The molecular formula is C40H67N5. The van der Waals surface area contributed by atoms with Gasteiger partial charge in [0, 0.05) is 12.6 Å². The van der Waals surface area contributed by atoms with Crippen molar-refractivity contribution in [3.63, 3.8) is 0 Å². The van der Waals surface area contributed by atoms with E-state index >= 15 is 0 Å². The summed E-state index contributed by atoms with van der Waals surface area (Å²) < 4.78 is 0. The molecule has 1 rings (SSSR count). The van der Waals surface area contributed by atoms with Gasteiger partial charge in [0.05, 0.1) is 6.54 Å². The SMILES string of the molecule is C=C/C(=C\C=C(/C)c1ccc(CCCCCC)cc1)CNCC(C)CCC(CC)NC(N=C)=NC/C(C)=C\C=C/C.CN(C)C. The highest BCUT2D eigenvalue weighted by Gasteiger charge is 2.11. The highest BCUT2D eigenvalue weighted by Crippen LogP contribution is 2.17. The van der Waals surface area contributed by atoms with Gasteiger partial charge < -0.3 is 15.5 Å². The van der Waals surface area contributed by atoms with Crippen molar-refractivity contribution in [2.75, 3.05) is 40.8 Å². The highest BCUT2D eigenvalue weighted by atomic mass is 15.1. The molecule has 0 saturated heterocycles. The van der Waals surface area contributed by atoms with Gasteiger partial charge in [0.2, 0.25) is 5.96 Å². The number of aryl methyl sites for hydroxylation is 1. The Morgan fingerprint density at radius 1 is 0.978 bits per heavy atom. The first kappa shape index (κ1) is 42.0. The van der Waals surface area contributed by atoms with E-state index in [1.807, 2.05) is 51.2 Å². The number of aliphatic imine (C=N–C) groups is 2. The minimum atomic E-state index is 0.341. The van der Waals surface area contributed by atoms with Crippen molar-refractivity contribution in [3.8, 4) is 0 Å². The standard InChI is InChI=1S/C37H58N4.C3H9N/c1-9-13-15-16-18-34-22-24-35(25-23-34)32(7)20-21-33(11-3)29-39-27-31(6)19-26-36(12-4)41-37(38-8)40-28-30(5)17-14-10-2;1-4(2)3/h10-11,14,17,20-25,31,36,39H,3,8-9,12-13,15-16,18-19,26-29H2,1-2,4-7H3,(H,40,41);1-3H3/b14-10-,30-17-,32-20+,33-21+;. The number of hydrogen-bond donors (Lipinski definition) is 2. The summed E-state index contributed by atoms with van der Waals surface area (Å²) in [5, 5.41) is 7.11. The first-order valence-electron chi connectivity index (χ1n) is 17.1. The molecule has 5 heteroatoms. The number of unbranched alkanes of at least 4 members (excludes halogenated alkanes) is 3. The number of nitrogens with one attached hydrogen (secondary N) is 2. The molecule has 2 N–H and O–H groups in total. The predicted octanol–water partition coefficient (Wildman–Crippen LogP) is 9.46. The maximum absolute atomic E-state index is 4.60. The third kappa shape index (κ3) is 23.0. The van der Waals surface area contributed by atoms with Gasteiger partial charge in [-0.2, -0.15) is 0 Å². The lowest BCUT2D eigenvalue weighted by atomic mass is 10.00. The van der Waals surface area contributed by atoms with Gasteiger partial charge >= 0.3 is 0 Å². The summed E-state index contributed by atoms with van der Waals surface area (Å²) in [6, 6.07) is 9.41. The predicted molar refractivity (Wildman–Crippen MR) is 205 cm³/mol. The van der Waals surface area contributed by atoms with Gasteiger partial charge in [0.15, 0.2) is 0 Å².